The molecule has 0 saturated carbocycles. The third-order valence-corrected chi connectivity index (χ3v) is 2.48. The van der Waals surface area contributed by atoms with Gasteiger partial charge in [0.2, 0.25) is 0 Å². The smallest absolute Gasteiger partial charge is 0.137 e. The first-order chi connectivity index (χ1) is 6.16. The maximum Gasteiger partial charge on any atom is 0.137 e. The molecule has 1 aliphatic rings. The summed E-state index contributed by atoms with van der Waals surface area (Å²) in [6.45, 7) is 1.81. The SMILES string of the molecule is Cc1nc(Cl)c2c(n1)CCC(=O)C2. The topological polar surface area (TPSA) is 42.9 Å². The van der Waals surface area contributed by atoms with Gasteiger partial charge in [0.25, 0.3) is 0 Å². The van der Waals surface area contributed by atoms with Crippen molar-refractivity contribution in [3.63, 3.8) is 0 Å². The first-order valence-corrected chi connectivity index (χ1v) is 4.58. The van der Waals surface area contributed by atoms with E-state index in [-0.39, 0.29) is 5.78 Å². The Bertz CT molecular complexity index is 376. The summed E-state index contributed by atoms with van der Waals surface area (Å²) in [5.41, 5.74) is 1.76. The first kappa shape index (κ1) is 8.63. The maximum absolute atomic E-state index is 11.1. The van der Waals surface area contributed by atoms with E-state index in [0.29, 0.717) is 30.2 Å². The van der Waals surface area contributed by atoms with Gasteiger partial charge in [-0.2, -0.15) is 0 Å². The molecule has 0 N–H and O–H groups in total. The monoisotopic (exact) mass is 196 g/mol. The van der Waals surface area contributed by atoms with Crippen molar-refractivity contribution in [1.29, 1.82) is 0 Å². The zero-order valence-electron chi connectivity index (χ0n) is 7.30. The second kappa shape index (κ2) is 3.07. The Balaban J connectivity index is 2.53. The van der Waals surface area contributed by atoms with Crippen molar-refractivity contribution in [2.75, 3.05) is 0 Å². The van der Waals surface area contributed by atoms with Crippen LogP contribution in [0.5, 0.6) is 0 Å². The van der Waals surface area contributed by atoms with Gasteiger partial charge in [-0.25, -0.2) is 9.97 Å². The van der Waals surface area contributed by atoms with Crippen LogP contribution in [0.3, 0.4) is 0 Å². The molecule has 0 aliphatic heterocycles. The van der Waals surface area contributed by atoms with Crippen molar-refractivity contribution in [3.8, 4) is 0 Å². The van der Waals surface area contributed by atoms with Gasteiger partial charge in [-0.3, -0.25) is 4.79 Å². The highest BCUT2D eigenvalue weighted by atomic mass is 35.5. The standard InChI is InChI=1S/C9H9ClN2O/c1-5-11-8-3-2-6(13)4-7(8)9(10)12-5/h2-4H2,1H3. The second-order valence-corrected chi connectivity index (χ2v) is 3.56. The lowest BCUT2D eigenvalue weighted by atomic mass is 9.96. The van der Waals surface area contributed by atoms with Crippen molar-refractivity contribution in [2.45, 2.75) is 26.2 Å². The van der Waals surface area contributed by atoms with E-state index in [1.54, 1.807) is 0 Å². The number of ketones is 1. The summed E-state index contributed by atoms with van der Waals surface area (Å²) in [5, 5.41) is 0.440. The Morgan fingerprint density at radius 1 is 1.31 bits per heavy atom. The van der Waals surface area contributed by atoms with E-state index in [4.69, 9.17) is 11.6 Å². The van der Waals surface area contributed by atoms with Crippen LogP contribution in [0.25, 0.3) is 0 Å². The molecule has 1 heterocycles. The van der Waals surface area contributed by atoms with Gasteiger partial charge < -0.3 is 0 Å². The highest BCUT2D eigenvalue weighted by Gasteiger charge is 2.20. The van der Waals surface area contributed by atoms with Crippen LogP contribution in [0.4, 0.5) is 0 Å². The van der Waals surface area contributed by atoms with Gasteiger partial charge in [0.05, 0.1) is 0 Å². The van der Waals surface area contributed by atoms with Gasteiger partial charge in [-0.05, 0) is 13.3 Å². The summed E-state index contributed by atoms with van der Waals surface area (Å²) in [6.07, 6.45) is 1.69. The second-order valence-electron chi connectivity index (χ2n) is 3.20. The largest absolute Gasteiger partial charge is 0.299 e. The number of halogens is 1. The van der Waals surface area contributed by atoms with Crippen LogP contribution in [-0.4, -0.2) is 15.8 Å². The molecular weight excluding hydrogens is 188 g/mol. The van der Waals surface area contributed by atoms with Gasteiger partial charge in [0, 0.05) is 24.1 Å². The molecule has 0 fully saturated rings. The molecule has 0 amide bonds. The van der Waals surface area contributed by atoms with Crippen LogP contribution in [0.1, 0.15) is 23.5 Å². The predicted molar refractivity (Wildman–Crippen MR) is 48.8 cm³/mol. The summed E-state index contributed by atoms with van der Waals surface area (Å²) in [6, 6.07) is 0. The quantitative estimate of drug-likeness (QED) is 0.591. The van der Waals surface area contributed by atoms with Crippen LogP contribution >= 0.6 is 11.6 Å². The maximum atomic E-state index is 11.1. The number of carbonyl (C=O) groups is 1. The van der Waals surface area contributed by atoms with Gasteiger partial charge in [0.15, 0.2) is 0 Å². The molecule has 0 atom stereocenters. The minimum atomic E-state index is 0.224. The average Bonchev–Trinajstić information content (AvgIpc) is 2.06. The minimum absolute atomic E-state index is 0.224. The van der Waals surface area contributed by atoms with E-state index in [2.05, 4.69) is 9.97 Å². The number of nitrogens with zero attached hydrogens (tertiary/aromatic N) is 2. The third-order valence-electron chi connectivity index (χ3n) is 2.17. The highest BCUT2D eigenvalue weighted by Crippen LogP contribution is 2.23. The van der Waals surface area contributed by atoms with Gasteiger partial charge in [-0.15, -0.1) is 0 Å². The zero-order chi connectivity index (χ0) is 9.42. The van der Waals surface area contributed by atoms with Crippen molar-refractivity contribution in [1.82, 2.24) is 9.97 Å². The van der Waals surface area contributed by atoms with Crippen LogP contribution in [0, 0.1) is 6.92 Å². The van der Waals surface area contributed by atoms with E-state index >= 15 is 0 Å². The fraction of sp³-hybridized carbons (Fsp3) is 0.444. The van der Waals surface area contributed by atoms with Crippen molar-refractivity contribution in [2.24, 2.45) is 0 Å². The number of fused-ring (bicyclic) bond motifs is 1. The fourth-order valence-electron chi connectivity index (χ4n) is 1.54. The molecule has 1 aromatic rings. The summed E-state index contributed by atoms with van der Waals surface area (Å²) in [5.74, 6) is 0.903. The molecule has 1 aromatic heterocycles. The van der Waals surface area contributed by atoms with Crippen molar-refractivity contribution >= 4 is 17.4 Å². The molecule has 68 valence electrons. The van der Waals surface area contributed by atoms with E-state index in [0.717, 1.165) is 11.3 Å². The number of hydrogen-bond donors (Lipinski definition) is 0. The molecule has 0 radical (unpaired) electrons. The molecule has 0 spiro atoms. The van der Waals surface area contributed by atoms with E-state index in [1.165, 1.54) is 0 Å². The minimum Gasteiger partial charge on any atom is -0.299 e. The molecule has 0 unspecified atom stereocenters. The van der Waals surface area contributed by atoms with Crippen LogP contribution in [0.15, 0.2) is 0 Å². The Labute approximate surface area is 81.2 Å². The molecule has 4 heteroatoms. The Morgan fingerprint density at radius 3 is 2.85 bits per heavy atom. The summed E-state index contributed by atoms with van der Waals surface area (Å²) >= 11 is 5.91. The molecule has 13 heavy (non-hydrogen) atoms. The lowest BCUT2D eigenvalue weighted by Crippen LogP contribution is -2.16. The van der Waals surface area contributed by atoms with E-state index in [1.807, 2.05) is 6.92 Å². The third kappa shape index (κ3) is 1.56. The Hall–Kier alpha value is -0.960. The number of carbonyl (C=O) groups excluding carboxylic acids is 1. The predicted octanol–water partition coefficient (Wildman–Crippen LogP) is 1.50. The fourth-order valence-corrected chi connectivity index (χ4v) is 1.84. The highest BCUT2D eigenvalue weighted by molar-refractivity contribution is 6.30. The molecule has 2 rings (SSSR count). The van der Waals surface area contributed by atoms with Gasteiger partial charge in [-0.1, -0.05) is 11.6 Å². The zero-order valence-corrected chi connectivity index (χ0v) is 8.06. The molecule has 1 aliphatic carbocycles. The lowest BCUT2D eigenvalue weighted by molar-refractivity contribution is -0.118. The average molecular weight is 197 g/mol. The Morgan fingerprint density at radius 2 is 2.08 bits per heavy atom. The molecule has 0 aromatic carbocycles. The number of aryl methyl sites for hydroxylation is 2. The van der Waals surface area contributed by atoms with Gasteiger partial charge in [0.1, 0.15) is 16.8 Å². The van der Waals surface area contributed by atoms with Crippen LogP contribution in [-0.2, 0) is 17.6 Å². The first-order valence-electron chi connectivity index (χ1n) is 4.20. The molecule has 0 saturated heterocycles. The van der Waals surface area contributed by atoms with E-state index in [9.17, 15) is 4.79 Å². The van der Waals surface area contributed by atoms with Crippen molar-refractivity contribution < 1.29 is 4.79 Å². The number of Topliss-reactive ketones (excluding diaryl/α,β-unsaturated/α-hetero) is 1. The van der Waals surface area contributed by atoms with E-state index < -0.39 is 0 Å². The molecular formula is C9H9ClN2O. The number of rotatable bonds is 0. The summed E-state index contributed by atoms with van der Waals surface area (Å²) < 4.78 is 0. The summed E-state index contributed by atoms with van der Waals surface area (Å²) in [7, 11) is 0. The molecule has 0 bridgehead atoms. The normalized spacial score (nSPS) is 15.7. The van der Waals surface area contributed by atoms with Crippen LogP contribution < -0.4 is 0 Å². The number of aromatic nitrogens is 2. The van der Waals surface area contributed by atoms with Crippen molar-refractivity contribution in [3.05, 3.63) is 22.2 Å². The summed E-state index contributed by atoms with van der Waals surface area (Å²) in [4.78, 5) is 19.4. The molecule has 3 nitrogen and oxygen atoms in total. The number of hydrogen-bond acceptors (Lipinski definition) is 3. The van der Waals surface area contributed by atoms with Gasteiger partial charge >= 0.3 is 0 Å². The van der Waals surface area contributed by atoms with Crippen LogP contribution in [0.2, 0.25) is 5.15 Å². The Kier molecular flexibility index (Phi) is 2.04. The lowest BCUT2D eigenvalue weighted by Gasteiger charge is -2.14.